The molecule has 0 atom stereocenters. The highest BCUT2D eigenvalue weighted by Crippen LogP contribution is 2.22. The van der Waals surface area contributed by atoms with E-state index in [4.69, 9.17) is 4.74 Å². The molecule has 2 N–H and O–H groups in total. The third kappa shape index (κ3) is 5.11. The van der Waals surface area contributed by atoms with Crippen LogP contribution in [0.15, 0.2) is 107 Å². The third-order valence-corrected chi connectivity index (χ3v) is 5.56. The van der Waals surface area contributed by atoms with Crippen LogP contribution in [0.5, 0.6) is 5.75 Å². The summed E-state index contributed by atoms with van der Waals surface area (Å²) in [6, 6.07) is 30.8. The van der Waals surface area contributed by atoms with Gasteiger partial charge in [0.05, 0.1) is 17.5 Å². The molecule has 178 valence electrons. The maximum Gasteiger partial charge on any atom is 0.344 e. The number of nitrogens with one attached hydrogen (secondary N) is 2. The van der Waals surface area contributed by atoms with E-state index < -0.39 is 11.5 Å². The molecule has 5 aromatic rings. The van der Waals surface area contributed by atoms with E-state index in [1.807, 2.05) is 48.5 Å². The Morgan fingerprint density at radius 3 is 2.46 bits per heavy atom. The quantitative estimate of drug-likeness (QED) is 0.149. The van der Waals surface area contributed by atoms with Gasteiger partial charge < -0.3 is 4.74 Å². The normalized spacial score (nSPS) is 10.8. The van der Waals surface area contributed by atoms with Crippen molar-refractivity contribution < 1.29 is 9.53 Å². The second-order valence-electron chi connectivity index (χ2n) is 7.97. The molecule has 1 aromatic heterocycles. The molecule has 0 radical (unpaired) electrons. The standard InChI is InChI=1S/C29H19N5O3/c30-17-25-26(21-8-2-1-3-9-21)32-29(33-27(25)35)34-31-18-19-13-15-22(16-14-19)37-28(36)24-12-6-10-20-7-4-5-11-23(20)24/h1-16,18H,(H2,32,33,34,35). The predicted octanol–water partition coefficient (Wildman–Crippen LogP) is 5.13. The maximum atomic E-state index is 12.7. The fourth-order valence-electron chi connectivity index (χ4n) is 3.79. The lowest BCUT2D eigenvalue weighted by Gasteiger charge is -2.07. The van der Waals surface area contributed by atoms with Gasteiger partial charge in [0.25, 0.3) is 5.56 Å². The van der Waals surface area contributed by atoms with Crippen molar-refractivity contribution in [2.75, 3.05) is 5.43 Å². The van der Waals surface area contributed by atoms with E-state index >= 15 is 0 Å². The molecule has 0 saturated carbocycles. The molecule has 0 aliphatic carbocycles. The Labute approximate surface area is 211 Å². The van der Waals surface area contributed by atoms with Crippen LogP contribution in [0.4, 0.5) is 5.95 Å². The van der Waals surface area contributed by atoms with E-state index in [-0.39, 0.29) is 17.2 Å². The zero-order chi connectivity index (χ0) is 25.6. The predicted molar refractivity (Wildman–Crippen MR) is 142 cm³/mol. The number of carbonyl (C=O) groups is 1. The first-order chi connectivity index (χ1) is 18.1. The number of aromatic nitrogens is 2. The Morgan fingerprint density at radius 2 is 1.68 bits per heavy atom. The molecular formula is C29H19N5O3. The number of carbonyl (C=O) groups excluding carboxylic acids is 1. The lowest BCUT2D eigenvalue weighted by molar-refractivity contribution is 0.0737. The number of rotatable bonds is 6. The molecule has 1 heterocycles. The molecule has 0 aliphatic heterocycles. The van der Waals surface area contributed by atoms with E-state index in [2.05, 4.69) is 20.5 Å². The van der Waals surface area contributed by atoms with E-state index in [0.717, 1.165) is 16.3 Å². The number of anilines is 1. The number of hydrogen-bond acceptors (Lipinski definition) is 7. The fraction of sp³-hybridized carbons (Fsp3) is 0. The number of aromatic amines is 1. The summed E-state index contributed by atoms with van der Waals surface area (Å²) in [5.74, 6) is 0.0540. The molecule has 8 nitrogen and oxygen atoms in total. The van der Waals surface area contributed by atoms with Crippen molar-refractivity contribution in [1.29, 1.82) is 5.26 Å². The summed E-state index contributed by atoms with van der Waals surface area (Å²) in [5.41, 5.74) is 4.17. The maximum absolute atomic E-state index is 12.7. The molecule has 0 spiro atoms. The highest BCUT2D eigenvalue weighted by Gasteiger charge is 2.13. The monoisotopic (exact) mass is 485 g/mol. The molecule has 5 rings (SSSR count). The number of hydrogen-bond donors (Lipinski definition) is 2. The highest BCUT2D eigenvalue weighted by atomic mass is 16.5. The Balaban J connectivity index is 1.28. The highest BCUT2D eigenvalue weighted by molar-refractivity contribution is 6.05. The van der Waals surface area contributed by atoms with Crippen molar-refractivity contribution in [3.05, 3.63) is 124 Å². The first-order valence-electron chi connectivity index (χ1n) is 11.3. The summed E-state index contributed by atoms with van der Waals surface area (Å²) in [5, 5.41) is 15.3. The number of esters is 1. The Morgan fingerprint density at radius 1 is 0.946 bits per heavy atom. The van der Waals surface area contributed by atoms with E-state index in [9.17, 15) is 14.9 Å². The molecule has 0 saturated heterocycles. The fourth-order valence-corrected chi connectivity index (χ4v) is 3.79. The van der Waals surface area contributed by atoms with Crippen molar-refractivity contribution in [1.82, 2.24) is 9.97 Å². The lowest BCUT2D eigenvalue weighted by Crippen LogP contribution is -2.16. The number of ether oxygens (including phenoxy) is 1. The van der Waals surface area contributed by atoms with Gasteiger partial charge in [0.15, 0.2) is 0 Å². The van der Waals surface area contributed by atoms with E-state index in [1.165, 1.54) is 6.21 Å². The van der Waals surface area contributed by atoms with Crippen LogP contribution >= 0.6 is 0 Å². The van der Waals surface area contributed by atoms with Crippen molar-refractivity contribution in [3.8, 4) is 23.1 Å². The van der Waals surface area contributed by atoms with Crippen LogP contribution in [0.2, 0.25) is 0 Å². The topological polar surface area (TPSA) is 120 Å². The number of hydrazone groups is 1. The molecule has 37 heavy (non-hydrogen) atoms. The van der Waals surface area contributed by atoms with Crippen molar-refractivity contribution in [3.63, 3.8) is 0 Å². The number of benzene rings is 4. The average Bonchev–Trinajstić information content (AvgIpc) is 2.94. The van der Waals surface area contributed by atoms with Crippen LogP contribution in [0.25, 0.3) is 22.0 Å². The van der Waals surface area contributed by atoms with Gasteiger partial charge in [-0.05, 0) is 46.7 Å². The molecule has 0 unspecified atom stereocenters. The average molecular weight is 486 g/mol. The van der Waals surface area contributed by atoms with Gasteiger partial charge in [0, 0.05) is 5.56 Å². The minimum atomic E-state index is -0.564. The summed E-state index contributed by atoms with van der Waals surface area (Å²) in [4.78, 5) is 31.9. The zero-order valence-electron chi connectivity index (χ0n) is 19.4. The van der Waals surface area contributed by atoms with E-state index in [0.29, 0.717) is 16.9 Å². The Kier molecular flexibility index (Phi) is 6.51. The summed E-state index contributed by atoms with van der Waals surface area (Å²) in [7, 11) is 0. The molecule has 0 bridgehead atoms. The molecule has 0 aliphatic rings. The van der Waals surface area contributed by atoms with Gasteiger partial charge in [-0.2, -0.15) is 10.4 Å². The van der Waals surface area contributed by atoms with Crippen LogP contribution in [0, 0.1) is 11.3 Å². The summed E-state index contributed by atoms with van der Waals surface area (Å²) in [6.07, 6.45) is 1.52. The van der Waals surface area contributed by atoms with Crippen LogP contribution in [0.3, 0.4) is 0 Å². The Bertz CT molecular complexity index is 1710. The second-order valence-corrected chi connectivity index (χ2v) is 7.97. The lowest BCUT2D eigenvalue weighted by atomic mass is 10.0. The van der Waals surface area contributed by atoms with Gasteiger partial charge in [-0.15, -0.1) is 0 Å². The zero-order valence-corrected chi connectivity index (χ0v) is 19.4. The summed E-state index contributed by atoms with van der Waals surface area (Å²) < 4.78 is 5.55. The van der Waals surface area contributed by atoms with Gasteiger partial charge >= 0.3 is 5.97 Å². The van der Waals surface area contributed by atoms with Gasteiger partial charge in [-0.3, -0.25) is 9.78 Å². The molecule has 0 amide bonds. The minimum absolute atomic E-state index is 0.0747. The Hall–Kier alpha value is -5.55. The second kappa shape index (κ2) is 10.4. The van der Waals surface area contributed by atoms with Crippen molar-refractivity contribution in [2.24, 2.45) is 5.10 Å². The largest absolute Gasteiger partial charge is 0.423 e. The van der Waals surface area contributed by atoms with Crippen LogP contribution in [-0.4, -0.2) is 22.2 Å². The summed E-state index contributed by atoms with van der Waals surface area (Å²) in [6.45, 7) is 0. The van der Waals surface area contributed by atoms with Crippen LogP contribution in [0.1, 0.15) is 21.5 Å². The molecule has 4 aromatic carbocycles. The van der Waals surface area contributed by atoms with E-state index in [1.54, 1.807) is 54.6 Å². The van der Waals surface area contributed by atoms with Gasteiger partial charge in [0.1, 0.15) is 17.4 Å². The number of fused-ring (bicyclic) bond motifs is 1. The minimum Gasteiger partial charge on any atom is -0.423 e. The number of nitrogens with zero attached hydrogens (tertiary/aromatic N) is 3. The molecule has 8 heteroatoms. The number of H-pyrrole nitrogens is 1. The van der Waals surface area contributed by atoms with Crippen LogP contribution in [-0.2, 0) is 0 Å². The van der Waals surface area contributed by atoms with Crippen molar-refractivity contribution in [2.45, 2.75) is 0 Å². The molecule has 0 fully saturated rings. The molecular weight excluding hydrogens is 466 g/mol. The first-order valence-corrected chi connectivity index (χ1v) is 11.3. The smallest absolute Gasteiger partial charge is 0.344 e. The summed E-state index contributed by atoms with van der Waals surface area (Å²) >= 11 is 0. The van der Waals surface area contributed by atoms with Crippen molar-refractivity contribution >= 4 is 28.9 Å². The van der Waals surface area contributed by atoms with Gasteiger partial charge in [0.2, 0.25) is 5.95 Å². The first kappa shape index (κ1) is 23.2. The SMILES string of the molecule is N#Cc1c(-c2ccccc2)nc(NN=Cc2ccc(OC(=O)c3cccc4ccccc34)cc2)[nH]c1=O. The van der Waals surface area contributed by atoms with Gasteiger partial charge in [-0.25, -0.2) is 15.2 Å². The number of nitriles is 1. The van der Waals surface area contributed by atoms with Gasteiger partial charge in [-0.1, -0.05) is 66.7 Å². The van der Waals surface area contributed by atoms with Crippen LogP contribution < -0.4 is 15.7 Å². The third-order valence-electron chi connectivity index (χ3n) is 5.56.